The molecule has 0 spiro atoms. The summed E-state index contributed by atoms with van der Waals surface area (Å²) in [4.78, 5) is 23.5. The zero-order valence-electron chi connectivity index (χ0n) is 14.7. The lowest BCUT2D eigenvalue weighted by molar-refractivity contribution is 0.0738. The van der Waals surface area contributed by atoms with Crippen LogP contribution in [-0.4, -0.2) is 34.6 Å². The van der Waals surface area contributed by atoms with Crippen LogP contribution in [0.2, 0.25) is 0 Å². The highest BCUT2D eigenvalue weighted by atomic mass is 32.1. The number of hydrogen-bond acceptors (Lipinski definition) is 8. The minimum Gasteiger partial charge on any atom is -0.484 e. The molecule has 0 N–H and O–H groups in total. The molecule has 0 bridgehead atoms. The Labute approximate surface area is 159 Å². The van der Waals surface area contributed by atoms with Crippen molar-refractivity contribution in [3.8, 4) is 17.2 Å². The van der Waals surface area contributed by atoms with Crippen LogP contribution in [0.4, 0.5) is 0 Å². The third-order valence-electron chi connectivity index (χ3n) is 4.24. The van der Waals surface area contributed by atoms with Gasteiger partial charge in [0, 0.05) is 24.2 Å². The van der Waals surface area contributed by atoms with Gasteiger partial charge in [-0.1, -0.05) is 0 Å². The Bertz CT molecular complexity index is 940. The van der Waals surface area contributed by atoms with Gasteiger partial charge >= 0.3 is 0 Å². The number of aromatic nitrogens is 2. The molecule has 0 saturated heterocycles. The summed E-state index contributed by atoms with van der Waals surface area (Å²) in [6, 6.07) is 5.18. The number of thiazole rings is 1. The molecule has 1 unspecified atom stereocenters. The number of ether oxygens (including phenoxy) is 3. The first-order valence-electron chi connectivity index (χ1n) is 8.24. The third kappa shape index (κ3) is 3.59. The predicted molar refractivity (Wildman–Crippen MR) is 96.0 cm³/mol. The Kier molecular flexibility index (Phi) is 4.68. The van der Waals surface area contributed by atoms with Crippen LogP contribution >= 0.6 is 11.3 Å². The van der Waals surface area contributed by atoms with Crippen molar-refractivity contribution in [3.63, 3.8) is 0 Å². The van der Waals surface area contributed by atoms with E-state index in [-0.39, 0.29) is 31.0 Å². The Morgan fingerprint density at radius 1 is 1.37 bits per heavy atom. The normalized spacial score (nSPS) is 13.4. The van der Waals surface area contributed by atoms with Crippen molar-refractivity contribution in [1.29, 1.82) is 0 Å². The second kappa shape index (κ2) is 7.28. The van der Waals surface area contributed by atoms with E-state index in [1.165, 1.54) is 17.6 Å². The topological polar surface area (TPSA) is 86.9 Å². The SMILES string of the molecule is CC(c1cncs1)N(C)C(=O)c1coc(COc2ccc3c(c2)OCO3)n1. The van der Waals surface area contributed by atoms with Crippen LogP contribution in [0.15, 0.2) is 40.6 Å². The molecule has 3 aromatic rings. The Hall–Kier alpha value is -3.07. The van der Waals surface area contributed by atoms with E-state index in [0.29, 0.717) is 23.1 Å². The Balaban J connectivity index is 1.38. The fourth-order valence-electron chi connectivity index (χ4n) is 2.57. The van der Waals surface area contributed by atoms with Crippen LogP contribution in [0.25, 0.3) is 0 Å². The van der Waals surface area contributed by atoms with Gasteiger partial charge in [-0.3, -0.25) is 9.78 Å². The monoisotopic (exact) mass is 387 g/mol. The molecule has 8 nitrogen and oxygen atoms in total. The van der Waals surface area contributed by atoms with Gasteiger partial charge in [0.1, 0.15) is 12.0 Å². The van der Waals surface area contributed by atoms with Crippen molar-refractivity contribution in [2.75, 3.05) is 13.8 Å². The molecule has 1 aliphatic heterocycles. The Morgan fingerprint density at radius 2 is 2.22 bits per heavy atom. The van der Waals surface area contributed by atoms with Crippen LogP contribution in [0, 0.1) is 0 Å². The maximum atomic E-state index is 12.6. The lowest BCUT2D eigenvalue weighted by Gasteiger charge is -2.22. The summed E-state index contributed by atoms with van der Waals surface area (Å²) in [5.74, 6) is 2.00. The molecule has 2 aromatic heterocycles. The van der Waals surface area contributed by atoms with E-state index >= 15 is 0 Å². The highest BCUT2D eigenvalue weighted by Crippen LogP contribution is 2.35. The van der Waals surface area contributed by atoms with Gasteiger partial charge in [-0.05, 0) is 19.1 Å². The van der Waals surface area contributed by atoms with Crippen LogP contribution in [0.3, 0.4) is 0 Å². The molecule has 4 rings (SSSR count). The first-order chi connectivity index (χ1) is 13.1. The molecule has 0 saturated carbocycles. The van der Waals surface area contributed by atoms with Crippen LogP contribution in [0.1, 0.15) is 34.2 Å². The summed E-state index contributed by atoms with van der Waals surface area (Å²) >= 11 is 1.50. The van der Waals surface area contributed by atoms with Crippen molar-refractivity contribution in [1.82, 2.24) is 14.9 Å². The van der Waals surface area contributed by atoms with Gasteiger partial charge in [-0.2, -0.15) is 0 Å². The standard InChI is InChI=1S/C18H17N3O5S/c1-11(16-6-19-9-27-16)21(2)18(22)13-7-24-17(20-13)8-23-12-3-4-14-15(5-12)26-10-25-14/h3-7,9,11H,8,10H2,1-2H3. The molecule has 1 amide bonds. The lowest BCUT2D eigenvalue weighted by atomic mass is 10.2. The van der Waals surface area contributed by atoms with E-state index in [2.05, 4.69) is 9.97 Å². The van der Waals surface area contributed by atoms with Crippen molar-refractivity contribution in [3.05, 3.63) is 52.6 Å². The number of benzene rings is 1. The van der Waals surface area contributed by atoms with Crippen molar-refractivity contribution < 1.29 is 23.4 Å². The molecule has 0 fully saturated rings. The second-order valence-corrected chi connectivity index (χ2v) is 6.84. The maximum absolute atomic E-state index is 12.6. The molecule has 9 heteroatoms. The summed E-state index contributed by atoms with van der Waals surface area (Å²) in [5.41, 5.74) is 1.98. The van der Waals surface area contributed by atoms with Gasteiger partial charge in [0.2, 0.25) is 12.7 Å². The van der Waals surface area contributed by atoms with Gasteiger partial charge in [-0.25, -0.2) is 4.98 Å². The quantitative estimate of drug-likeness (QED) is 0.641. The number of hydrogen-bond donors (Lipinski definition) is 0. The number of amides is 1. The van der Waals surface area contributed by atoms with Gasteiger partial charge in [0.15, 0.2) is 23.8 Å². The third-order valence-corrected chi connectivity index (χ3v) is 5.19. The zero-order valence-corrected chi connectivity index (χ0v) is 15.6. The average Bonchev–Trinajstić information content (AvgIpc) is 3.45. The van der Waals surface area contributed by atoms with Gasteiger partial charge < -0.3 is 23.5 Å². The summed E-state index contributed by atoms with van der Waals surface area (Å²) < 4.78 is 21.6. The molecule has 0 aliphatic carbocycles. The van der Waals surface area contributed by atoms with Crippen molar-refractivity contribution in [2.45, 2.75) is 19.6 Å². The summed E-state index contributed by atoms with van der Waals surface area (Å²) in [6.07, 6.45) is 3.10. The smallest absolute Gasteiger partial charge is 0.276 e. The van der Waals surface area contributed by atoms with Gasteiger partial charge in [0.25, 0.3) is 5.91 Å². The molecule has 1 aliphatic rings. The number of rotatable bonds is 6. The minimum atomic E-state index is -0.228. The molecule has 1 aromatic carbocycles. The number of fused-ring (bicyclic) bond motifs is 1. The number of carbonyl (C=O) groups is 1. The molecular formula is C18H17N3O5S. The zero-order chi connectivity index (χ0) is 18.8. The highest BCUT2D eigenvalue weighted by molar-refractivity contribution is 7.09. The second-order valence-electron chi connectivity index (χ2n) is 5.93. The molecular weight excluding hydrogens is 370 g/mol. The number of carbonyl (C=O) groups excluding carboxylic acids is 1. The van der Waals surface area contributed by atoms with E-state index in [1.807, 2.05) is 6.92 Å². The van der Waals surface area contributed by atoms with Crippen molar-refractivity contribution in [2.24, 2.45) is 0 Å². The number of nitrogens with zero attached hydrogens (tertiary/aromatic N) is 3. The minimum absolute atomic E-state index is 0.0983. The number of oxazole rings is 1. The fourth-order valence-corrected chi connectivity index (χ4v) is 3.29. The maximum Gasteiger partial charge on any atom is 0.276 e. The van der Waals surface area contributed by atoms with Crippen molar-refractivity contribution >= 4 is 17.2 Å². The molecule has 0 radical (unpaired) electrons. The van der Waals surface area contributed by atoms with Crippen LogP contribution in [0.5, 0.6) is 17.2 Å². The molecule has 1 atom stereocenters. The summed E-state index contributed by atoms with van der Waals surface area (Å²) in [7, 11) is 1.73. The largest absolute Gasteiger partial charge is 0.484 e. The van der Waals surface area contributed by atoms with E-state index < -0.39 is 0 Å². The van der Waals surface area contributed by atoms with Gasteiger partial charge in [0.05, 0.1) is 11.6 Å². The lowest BCUT2D eigenvalue weighted by Crippen LogP contribution is -2.29. The molecule has 27 heavy (non-hydrogen) atoms. The Morgan fingerprint density at radius 3 is 3.04 bits per heavy atom. The van der Waals surface area contributed by atoms with E-state index in [4.69, 9.17) is 18.6 Å². The van der Waals surface area contributed by atoms with E-state index in [0.717, 1.165) is 4.88 Å². The van der Waals surface area contributed by atoms with E-state index in [9.17, 15) is 4.79 Å². The van der Waals surface area contributed by atoms with Crippen LogP contribution in [-0.2, 0) is 6.61 Å². The average molecular weight is 387 g/mol. The predicted octanol–water partition coefficient (Wildman–Crippen LogP) is 3.27. The summed E-state index contributed by atoms with van der Waals surface area (Å²) in [6.45, 7) is 2.24. The van der Waals surface area contributed by atoms with Gasteiger partial charge in [-0.15, -0.1) is 11.3 Å². The molecule has 140 valence electrons. The van der Waals surface area contributed by atoms with Crippen LogP contribution < -0.4 is 14.2 Å². The molecule has 3 heterocycles. The van der Waals surface area contributed by atoms with E-state index in [1.54, 1.807) is 41.9 Å². The highest BCUT2D eigenvalue weighted by Gasteiger charge is 2.23. The fraction of sp³-hybridized carbons (Fsp3) is 0.278. The first kappa shape index (κ1) is 17.3. The summed E-state index contributed by atoms with van der Waals surface area (Å²) in [5, 5.41) is 0. The first-order valence-corrected chi connectivity index (χ1v) is 9.12.